The Morgan fingerprint density at radius 2 is 2.06 bits per heavy atom. The zero-order valence-electron chi connectivity index (χ0n) is 8.93. The van der Waals surface area contributed by atoms with Gasteiger partial charge in [0.2, 0.25) is 0 Å². The smallest absolute Gasteiger partial charge is 0.143 e. The van der Waals surface area contributed by atoms with Crippen molar-refractivity contribution < 1.29 is 13.9 Å². The fraction of sp³-hybridized carbons (Fsp3) is 0.500. The Morgan fingerprint density at radius 1 is 1.44 bits per heavy atom. The molecule has 1 aliphatic carbocycles. The second-order valence-electron chi connectivity index (χ2n) is 4.70. The van der Waals surface area contributed by atoms with Crippen molar-refractivity contribution in [2.24, 2.45) is 5.41 Å². The summed E-state index contributed by atoms with van der Waals surface area (Å²) in [6.07, 6.45) is 1.20. The molecule has 0 bridgehead atoms. The highest BCUT2D eigenvalue weighted by Crippen LogP contribution is 2.49. The molecule has 0 heterocycles. The number of hydrogen-bond acceptors (Lipinski definition) is 1. The Balaban J connectivity index is 2.24. The zero-order valence-corrected chi connectivity index (χ0v) is 10.5. The van der Waals surface area contributed by atoms with Crippen molar-refractivity contribution in [3.8, 4) is 0 Å². The van der Waals surface area contributed by atoms with Gasteiger partial charge in [-0.05, 0) is 46.3 Å². The fourth-order valence-corrected chi connectivity index (χ4v) is 2.10. The topological polar surface area (TPSA) is 20.2 Å². The van der Waals surface area contributed by atoms with Gasteiger partial charge in [-0.25, -0.2) is 8.78 Å². The van der Waals surface area contributed by atoms with E-state index in [-0.39, 0.29) is 21.9 Å². The Morgan fingerprint density at radius 3 is 2.62 bits per heavy atom. The Labute approximate surface area is 102 Å². The van der Waals surface area contributed by atoms with Crippen LogP contribution in [0.1, 0.15) is 25.3 Å². The van der Waals surface area contributed by atoms with E-state index in [2.05, 4.69) is 15.9 Å². The van der Waals surface area contributed by atoms with Gasteiger partial charge < -0.3 is 5.11 Å². The quantitative estimate of drug-likeness (QED) is 0.846. The SMILES string of the molecule is CC1(C(O)Cc2c(F)ccc(Br)c2F)CC1. The Bertz CT molecular complexity index is 416. The molecule has 16 heavy (non-hydrogen) atoms. The van der Waals surface area contributed by atoms with Crippen LogP contribution >= 0.6 is 15.9 Å². The summed E-state index contributed by atoms with van der Waals surface area (Å²) in [6.45, 7) is 1.94. The highest BCUT2D eigenvalue weighted by atomic mass is 79.9. The lowest BCUT2D eigenvalue weighted by Gasteiger charge is -2.18. The first-order chi connectivity index (χ1) is 7.44. The van der Waals surface area contributed by atoms with E-state index in [0.29, 0.717) is 0 Å². The number of benzene rings is 1. The molecular weight excluding hydrogens is 278 g/mol. The molecule has 1 fully saturated rings. The molecule has 1 aliphatic rings. The predicted molar refractivity (Wildman–Crippen MR) is 61.1 cm³/mol. The molecule has 4 heteroatoms. The molecule has 1 aromatic rings. The van der Waals surface area contributed by atoms with Crippen molar-refractivity contribution in [3.05, 3.63) is 33.8 Å². The average Bonchev–Trinajstić information content (AvgIpc) is 2.98. The van der Waals surface area contributed by atoms with Gasteiger partial charge in [0.1, 0.15) is 11.6 Å². The maximum Gasteiger partial charge on any atom is 0.143 e. The summed E-state index contributed by atoms with van der Waals surface area (Å²) in [5.41, 5.74) is -0.184. The molecule has 0 saturated heterocycles. The zero-order chi connectivity index (χ0) is 11.9. The molecule has 0 aromatic heterocycles. The van der Waals surface area contributed by atoms with Gasteiger partial charge >= 0.3 is 0 Å². The van der Waals surface area contributed by atoms with Gasteiger partial charge in [0, 0.05) is 12.0 Å². The van der Waals surface area contributed by atoms with Gasteiger partial charge in [-0.2, -0.15) is 0 Å². The number of aliphatic hydroxyl groups is 1. The Kier molecular flexibility index (Phi) is 3.05. The van der Waals surface area contributed by atoms with E-state index in [1.54, 1.807) is 0 Å². The van der Waals surface area contributed by atoms with Crippen LogP contribution in [0.3, 0.4) is 0 Å². The van der Waals surface area contributed by atoms with Gasteiger partial charge in [-0.3, -0.25) is 0 Å². The summed E-state index contributed by atoms with van der Waals surface area (Å²) >= 11 is 3.01. The van der Waals surface area contributed by atoms with Gasteiger partial charge in [-0.1, -0.05) is 6.92 Å². The lowest BCUT2D eigenvalue weighted by Crippen LogP contribution is -2.22. The van der Waals surface area contributed by atoms with E-state index in [1.165, 1.54) is 12.1 Å². The minimum atomic E-state index is -0.675. The Hall–Kier alpha value is -0.480. The summed E-state index contributed by atoms with van der Waals surface area (Å²) in [4.78, 5) is 0. The van der Waals surface area contributed by atoms with Crippen LogP contribution < -0.4 is 0 Å². The molecule has 0 radical (unpaired) electrons. The van der Waals surface area contributed by atoms with Crippen LogP contribution in [0.5, 0.6) is 0 Å². The van der Waals surface area contributed by atoms with Crippen molar-refractivity contribution in [2.75, 3.05) is 0 Å². The lowest BCUT2D eigenvalue weighted by atomic mass is 9.95. The van der Waals surface area contributed by atoms with Crippen LogP contribution in [-0.2, 0) is 6.42 Å². The largest absolute Gasteiger partial charge is 0.392 e. The summed E-state index contributed by atoms with van der Waals surface area (Å²) in [5.74, 6) is -1.20. The van der Waals surface area contributed by atoms with Gasteiger partial charge in [0.25, 0.3) is 0 Å². The molecule has 1 nitrogen and oxygen atoms in total. The monoisotopic (exact) mass is 290 g/mol. The van der Waals surface area contributed by atoms with Crippen molar-refractivity contribution in [1.29, 1.82) is 0 Å². The molecule has 0 spiro atoms. The third kappa shape index (κ3) is 2.13. The molecular formula is C12H13BrF2O. The number of aliphatic hydroxyl groups excluding tert-OH is 1. The van der Waals surface area contributed by atoms with Crippen LogP contribution in [0.4, 0.5) is 8.78 Å². The van der Waals surface area contributed by atoms with Crippen molar-refractivity contribution >= 4 is 15.9 Å². The average molecular weight is 291 g/mol. The minimum Gasteiger partial charge on any atom is -0.392 e. The van der Waals surface area contributed by atoms with Crippen molar-refractivity contribution in [3.63, 3.8) is 0 Å². The fourth-order valence-electron chi connectivity index (χ4n) is 1.73. The van der Waals surface area contributed by atoms with Gasteiger partial charge in [0.05, 0.1) is 10.6 Å². The third-order valence-corrected chi connectivity index (χ3v) is 3.99. The van der Waals surface area contributed by atoms with E-state index in [9.17, 15) is 13.9 Å². The molecule has 88 valence electrons. The first-order valence-corrected chi connectivity index (χ1v) is 6.04. The maximum atomic E-state index is 13.6. The van der Waals surface area contributed by atoms with Crippen LogP contribution in [0.2, 0.25) is 0 Å². The van der Waals surface area contributed by atoms with Crippen LogP contribution in [0, 0.1) is 17.0 Å². The molecule has 1 N–H and O–H groups in total. The molecule has 0 amide bonds. The van der Waals surface area contributed by atoms with Crippen molar-refractivity contribution in [1.82, 2.24) is 0 Å². The normalized spacial score (nSPS) is 19.6. The first kappa shape index (κ1) is 12.0. The van der Waals surface area contributed by atoms with E-state index >= 15 is 0 Å². The molecule has 2 rings (SSSR count). The summed E-state index contributed by atoms with van der Waals surface area (Å²) in [7, 11) is 0. The van der Waals surface area contributed by atoms with Crippen LogP contribution in [0.15, 0.2) is 16.6 Å². The predicted octanol–water partition coefficient (Wildman–Crippen LogP) is 3.43. The third-order valence-electron chi connectivity index (χ3n) is 3.38. The molecule has 1 atom stereocenters. The van der Waals surface area contributed by atoms with Crippen LogP contribution in [-0.4, -0.2) is 11.2 Å². The standard InChI is InChI=1S/C12H13BrF2O/c1-12(4-5-12)10(16)6-7-9(14)3-2-8(13)11(7)15/h2-3,10,16H,4-6H2,1H3. The summed E-state index contributed by atoms with van der Waals surface area (Å²) in [6, 6.07) is 2.55. The molecule has 1 aromatic carbocycles. The van der Waals surface area contributed by atoms with E-state index in [1.807, 2.05) is 6.92 Å². The van der Waals surface area contributed by atoms with Gasteiger partial charge in [0.15, 0.2) is 0 Å². The van der Waals surface area contributed by atoms with E-state index < -0.39 is 17.7 Å². The van der Waals surface area contributed by atoms with E-state index in [0.717, 1.165) is 12.8 Å². The van der Waals surface area contributed by atoms with E-state index in [4.69, 9.17) is 0 Å². The first-order valence-electron chi connectivity index (χ1n) is 5.24. The molecule has 1 unspecified atom stereocenters. The summed E-state index contributed by atoms with van der Waals surface area (Å²) < 4.78 is 27.3. The van der Waals surface area contributed by atoms with Gasteiger partial charge in [-0.15, -0.1) is 0 Å². The highest BCUT2D eigenvalue weighted by molar-refractivity contribution is 9.10. The number of hydrogen-bond donors (Lipinski definition) is 1. The molecule has 1 saturated carbocycles. The van der Waals surface area contributed by atoms with Crippen molar-refractivity contribution in [2.45, 2.75) is 32.3 Å². The summed E-state index contributed by atoms with van der Waals surface area (Å²) in [5, 5.41) is 9.89. The maximum absolute atomic E-state index is 13.6. The van der Waals surface area contributed by atoms with Crippen LogP contribution in [0.25, 0.3) is 0 Å². The number of halogens is 3. The minimum absolute atomic E-state index is 0.0324. The number of rotatable bonds is 3. The second kappa shape index (κ2) is 4.08. The highest BCUT2D eigenvalue weighted by Gasteiger charge is 2.44. The lowest BCUT2D eigenvalue weighted by molar-refractivity contribution is 0.101. The molecule has 0 aliphatic heterocycles. The second-order valence-corrected chi connectivity index (χ2v) is 5.55.